The average Bonchev–Trinajstić information content (AvgIpc) is 3.18. The Balaban J connectivity index is 1.48. The van der Waals surface area contributed by atoms with E-state index in [-0.39, 0.29) is 5.91 Å². The smallest absolute Gasteiger partial charge is 0.264 e. The standard InChI is InChI=1S/C28H28N2O4S/c1-4-32-23-12-10-22(11-13-23)29-28-30-27(31)26(35-28)17-20-9-14-24(25(16-20)33-5-2)34-18-21-8-6-7-19(3)15-21/h6-17H,4-5,18H2,1-3H3,(H,29,30,31)/b26-17+. The highest BCUT2D eigenvalue weighted by atomic mass is 32.2. The molecule has 1 heterocycles. The van der Waals surface area contributed by atoms with Crippen LogP contribution in [0.4, 0.5) is 5.69 Å². The molecule has 1 aliphatic heterocycles. The SMILES string of the molecule is CCOc1ccc(N=C2NC(=O)/C(=C\c3ccc(OCc4cccc(C)c4)c(OCC)c3)S2)cc1. The average molecular weight is 489 g/mol. The first-order chi connectivity index (χ1) is 17.0. The molecule has 0 radical (unpaired) electrons. The third-order valence-electron chi connectivity index (χ3n) is 5.07. The summed E-state index contributed by atoms with van der Waals surface area (Å²) >= 11 is 1.30. The van der Waals surface area contributed by atoms with Crippen LogP contribution in [0.15, 0.2) is 76.6 Å². The van der Waals surface area contributed by atoms with Crippen LogP contribution >= 0.6 is 11.8 Å². The number of rotatable bonds is 9. The summed E-state index contributed by atoms with van der Waals surface area (Å²) in [6.45, 7) is 7.50. The van der Waals surface area contributed by atoms with Crippen molar-refractivity contribution in [1.82, 2.24) is 5.32 Å². The predicted molar refractivity (Wildman–Crippen MR) is 142 cm³/mol. The first kappa shape index (κ1) is 24.4. The highest BCUT2D eigenvalue weighted by Gasteiger charge is 2.24. The van der Waals surface area contributed by atoms with E-state index >= 15 is 0 Å². The highest BCUT2D eigenvalue weighted by Crippen LogP contribution is 2.33. The molecule has 0 bridgehead atoms. The lowest BCUT2D eigenvalue weighted by atomic mass is 10.1. The van der Waals surface area contributed by atoms with Gasteiger partial charge in [-0.1, -0.05) is 35.9 Å². The van der Waals surface area contributed by atoms with Crippen LogP contribution in [0.25, 0.3) is 6.08 Å². The largest absolute Gasteiger partial charge is 0.494 e. The van der Waals surface area contributed by atoms with Crippen molar-refractivity contribution >= 4 is 34.6 Å². The number of amides is 1. The number of nitrogens with zero attached hydrogens (tertiary/aromatic N) is 1. The Kier molecular flexibility index (Phi) is 8.11. The van der Waals surface area contributed by atoms with E-state index in [2.05, 4.69) is 29.4 Å². The summed E-state index contributed by atoms with van der Waals surface area (Å²) in [6, 6.07) is 21.3. The van der Waals surface area contributed by atoms with Crippen LogP contribution in [0, 0.1) is 6.92 Å². The van der Waals surface area contributed by atoms with Crippen LogP contribution in [0.3, 0.4) is 0 Å². The van der Waals surface area contributed by atoms with Gasteiger partial charge in [-0.15, -0.1) is 0 Å². The lowest BCUT2D eigenvalue weighted by Gasteiger charge is -2.13. The van der Waals surface area contributed by atoms with Gasteiger partial charge in [0.2, 0.25) is 0 Å². The van der Waals surface area contributed by atoms with Crippen molar-refractivity contribution in [3.05, 3.63) is 88.3 Å². The molecule has 0 aromatic heterocycles. The molecule has 3 aromatic carbocycles. The molecule has 35 heavy (non-hydrogen) atoms. The van der Waals surface area contributed by atoms with E-state index in [1.807, 2.05) is 74.5 Å². The second-order valence-corrected chi connectivity index (χ2v) is 8.86. The molecule has 1 aliphatic rings. The van der Waals surface area contributed by atoms with Gasteiger partial charge >= 0.3 is 0 Å². The normalized spacial score (nSPS) is 15.3. The number of carbonyl (C=O) groups excluding carboxylic acids is 1. The molecule has 1 amide bonds. The Morgan fingerprint density at radius 2 is 1.71 bits per heavy atom. The lowest BCUT2D eigenvalue weighted by Crippen LogP contribution is -2.19. The molecule has 0 aliphatic carbocycles. The van der Waals surface area contributed by atoms with Crippen molar-refractivity contribution in [2.45, 2.75) is 27.4 Å². The summed E-state index contributed by atoms with van der Waals surface area (Å²) in [4.78, 5) is 17.6. The molecule has 0 saturated carbocycles. The number of hydrogen-bond acceptors (Lipinski definition) is 6. The molecule has 1 fully saturated rings. The number of nitrogens with one attached hydrogen (secondary N) is 1. The molecular weight excluding hydrogens is 460 g/mol. The predicted octanol–water partition coefficient (Wildman–Crippen LogP) is 6.26. The van der Waals surface area contributed by atoms with Gasteiger partial charge < -0.3 is 19.5 Å². The lowest BCUT2D eigenvalue weighted by molar-refractivity contribution is -0.115. The molecule has 0 atom stereocenters. The van der Waals surface area contributed by atoms with Crippen LogP contribution in [-0.4, -0.2) is 24.3 Å². The minimum Gasteiger partial charge on any atom is -0.494 e. The molecule has 6 nitrogen and oxygen atoms in total. The fourth-order valence-electron chi connectivity index (χ4n) is 3.50. The molecule has 1 saturated heterocycles. The topological polar surface area (TPSA) is 69.2 Å². The Morgan fingerprint density at radius 3 is 2.46 bits per heavy atom. The molecule has 180 valence electrons. The van der Waals surface area contributed by atoms with Crippen LogP contribution < -0.4 is 19.5 Å². The first-order valence-corrected chi connectivity index (χ1v) is 12.3. The van der Waals surface area contributed by atoms with Gasteiger partial charge in [0.1, 0.15) is 12.4 Å². The summed E-state index contributed by atoms with van der Waals surface area (Å²) < 4.78 is 17.3. The number of carbonyl (C=O) groups is 1. The van der Waals surface area contributed by atoms with Crippen molar-refractivity contribution in [1.29, 1.82) is 0 Å². The number of benzene rings is 3. The number of hydrogen-bond donors (Lipinski definition) is 1. The van der Waals surface area contributed by atoms with Gasteiger partial charge in [0.15, 0.2) is 16.7 Å². The zero-order valence-corrected chi connectivity index (χ0v) is 20.9. The molecule has 0 spiro atoms. The Hall–Kier alpha value is -3.71. The zero-order chi connectivity index (χ0) is 24.6. The number of thioether (sulfide) groups is 1. The minimum absolute atomic E-state index is 0.183. The van der Waals surface area contributed by atoms with E-state index in [1.165, 1.54) is 17.3 Å². The summed E-state index contributed by atoms with van der Waals surface area (Å²) in [7, 11) is 0. The molecule has 7 heteroatoms. The quantitative estimate of drug-likeness (QED) is 0.360. The van der Waals surface area contributed by atoms with Gasteiger partial charge in [0, 0.05) is 0 Å². The van der Waals surface area contributed by atoms with E-state index < -0.39 is 0 Å². The third kappa shape index (κ3) is 6.67. The van der Waals surface area contributed by atoms with Gasteiger partial charge in [-0.3, -0.25) is 4.79 Å². The Labute approximate surface area is 210 Å². The maximum absolute atomic E-state index is 12.5. The van der Waals surface area contributed by atoms with Gasteiger partial charge in [0.25, 0.3) is 5.91 Å². The summed E-state index contributed by atoms with van der Waals surface area (Å²) in [5, 5.41) is 3.36. The molecular formula is C28H28N2O4S. The third-order valence-corrected chi connectivity index (χ3v) is 5.98. The van der Waals surface area contributed by atoms with Crippen molar-refractivity contribution in [2.75, 3.05) is 13.2 Å². The second kappa shape index (κ2) is 11.6. The van der Waals surface area contributed by atoms with E-state index in [9.17, 15) is 4.79 Å². The second-order valence-electron chi connectivity index (χ2n) is 7.83. The summed E-state index contributed by atoms with van der Waals surface area (Å²) in [5.74, 6) is 1.91. The van der Waals surface area contributed by atoms with E-state index in [0.29, 0.717) is 41.4 Å². The highest BCUT2D eigenvalue weighted by molar-refractivity contribution is 8.18. The van der Waals surface area contributed by atoms with Crippen LogP contribution in [-0.2, 0) is 11.4 Å². The van der Waals surface area contributed by atoms with Crippen molar-refractivity contribution in [2.24, 2.45) is 4.99 Å². The number of aliphatic imine (C=N–C) groups is 1. The molecule has 3 aromatic rings. The number of ether oxygens (including phenoxy) is 3. The van der Waals surface area contributed by atoms with Gasteiger partial charge in [-0.25, -0.2) is 4.99 Å². The Bertz CT molecular complexity index is 1250. The molecule has 0 unspecified atom stereocenters. The number of aryl methyl sites for hydroxylation is 1. The van der Waals surface area contributed by atoms with E-state index in [0.717, 1.165) is 22.6 Å². The van der Waals surface area contributed by atoms with E-state index in [1.54, 1.807) is 0 Å². The summed E-state index contributed by atoms with van der Waals surface area (Å²) in [5.41, 5.74) is 3.87. The number of amidine groups is 1. The Morgan fingerprint density at radius 1 is 0.914 bits per heavy atom. The van der Waals surface area contributed by atoms with Gasteiger partial charge in [-0.2, -0.15) is 0 Å². The molecule has 1 N–H and O–H groups in total. The fourth-order valence-corrected chi connectivity index (χ4v) is 4.34. The van der Waals surface area contributed by atoms with Gasteiger partial charge in [-0.05, 0) is 86.1 Å². The fraction of sp³-hybridized carbons (Fsp3) is 0.214. The maximum atomic E-state index is 12.5. The van der Waals surface area contributed by atoms with Crippen molar-refractivity contribution < 1.29 is 19.0 Å². The monoisotopic (exact) mass is 488 g/mol. The van der Waals surface area contributed by atoms with Crippen molar-refractivity contribution in [3.63, 3.8) is 0 Å². The van der Waals surface area contributed by atoms with E-state index in [4.69, 9.17) is 14.2 Å². The molecule has 4 rings (SSSR count). The maximum Gasteiger partial charge on any atom is 0.264 e. The minimum atomic E-state index is -0.183. The zero-order valence-electron chi connectivity index (χ0n) is 20.0. The van der Waals surface area contributed by atoms with Crippen LogP contribution in [0.1, 0.15) is 30.5 Å². The van der Waals surface area contributed by atoms with Crippen LogP contribution in [0.2, 0.25) is 0 Å². The van der Waals surface area contributed by atoms with Crippen LogP contribution in [0.5, 0.6) is 17.2 Å². The summed E-state index contributed by atoms with van der Waals surface area (Å²) in [6.07, 6.45) is 1.83. The van der Waals surface area contributed by atoms with Gasteiger partial charge in [0.05, 0.1) is 23.8 Å². The first-order valence-electron chi connectivity index (χ1n) is 11.5. The van der Waals surface area contributed by atoms with Crippen molar-refractivity contribution in [3.8, 4) is 17.2 Å².